The highest BCUT2D eigenvalue weighted by Gasteiger charge is 2.46. The van der Waals surface area contributed by atoms with E-state index in [4.69, 9.17) is 0 Å². The van der Waals surface area contributed by atoms with Crippen molar-refractivity contribution in [2.75, 3.05) is 23.0 Å². The second-order valence-corrected chi connectivity index (χ2v) is 15.2. The van der Waals surface area contributed by atoms with Gasteiger partial charge >= 0.3 is 0 Å². The maximum atomic E-state index is 13.0. The minimum atomic E-state index is -1.05. The minimum absolute atomic E-state index is 0.101. The molecule has 36 heavy (non-hydrogen) atoms. The summed E-state index contributed by atoms with van der Waals surface area (Å²) in [7, 11) is -1.05. The molecule has 0 aromatic carbocycles. The van der Waals surface area contributed by atoms with E-state index >= 15 is 0 Å². The Hall–Kier alpha value is -1.39. The first kappa shape index (κ1) is 27.6. The number of carbonyl (C=O) groups is 4. The summed E-state index contributed by atoms with van der Waals surface area (Å²) in [6.07, 6.45) is 7.27. The van der Waals surface area contributed by atoms with Crippen molar-refractivity contribution < 1.29 is 23.4 Å². The maximum absolute atomic E-state index is 13.0. The lowest BCUT2D eigenvalue weighted by molar-refractivity contribution is -0.153. The first-order valence-corrected chi connectivity index (χ1v) is 16.2. The van der Waals surface area contributed by atoms with Crippen LogP contribution < -0.4 is 0 Å². The predicted octanol–water partition coefficient (Wildman–Crippen LogP) is 3.86. The van der Waals surface area contributed by atoms with Crippen molar-refractivity contribution in [3.05, 3.63) is 22.0 Å². The lowest BCUT2D eigenvalue weighted by Gasteiger charge is -2.40. The van der Waals surface area contributed by atoms with E-state index in [0.717, 1.165) is 34.2 Å². The third-order valence-electron chi connectivity index (χ3n) is 7.58. The summed E-state index contributed by atoms with van der Waals surface area (Å²) in [6.45, 7) is 7.63. The van der Waals surface area contributed by atoms with Gasteiger partial charge in [-0.05, 0) is 77.7 Å². The molecule has 0 aliphatic carbocycles. The first-order chi connectivity index (χ1) is 16.9. The molecule has 0 bridgehead atoms. The largest absolute Gasteiger partial charge is 0.274 e. The van der Waals surface area contributed by atoms with Gasteiger partial charge in [0.25, 0.3) is 11.8 Å². The number of imide groups is 2. The molecule has 4 amide bonds. The van der Waals surface area contributed by atoms with Gasteiger partial charge in [-0.2, -0.15) is 0 Å². The average molecular weight is 553 g/mol. The van der Waals surface area contributed by atoms with Crippen LogP contribution in [0.15, 0.2) is 22.0 Å². The van der Waals surface area contributed by atoms with Gasteiger partial charge in [0.1, 0.15) is 0 Å². The molecule has 4 aliphatic rings. The number of amides is 4. The van der Waals surface area contributed by atoms with E-state index < -0.39 is 21.9 Å². The predicted molar refractivity (Wildman–Crippen MR) is 146 cm³/mol. The van der Waals surface area contributed by atoms with E-state index in [1.165, 1.54) is 9.80 Å². The summed E-state index contributed by atoms with van der Waals surface area (Å²) in [5, 5.41) is 0. The van der Waals surface area contributed by atoms with Crippen LogP contribution in [0, 0.1) is 11.8 Å². The fourth-order valence-corrected chi connectivity index (χ4v) is 9.12. The van der Waals surface area contributed by atoms with Crippen LogP contribution in [0.2, 0.25) is 0 Å². The second kappa shape index (κ2) is 10.8. The van der Waals surface area contributed by atoms with Crippen molar-refractivity contribution in [2.24, 2.45) is 11.8 Å². The maximum Gasteiger partial charge on any atom is 0.254 e. The van der Waals surface area contributed by atoms with Gasteiger partial charge in [-0.25, -0.2) is 0 Å². The van der Waals surface area contributed by atoms with Crippen molar-refractivity contribution >= 4 is 58.0 Å². The molecule has 4 aliphatic heterocycles. The Balaban J connectivity index is 1.24. The average Bonchev–Trinajstić information content (AvgIpc) is 3.42. The molecule has 2 unspecified atom stereocenters. The van der Waals surface area contributed by atoms with Gasteiger partial charge < -0.3 is 0 Å². The molecule has 0 N–H and O–H groups in total. The molecule has 0 saturated carbocycles. The van der Waals surface area contributed by atoms with Crippen molar-refractivity contribution in [1.29, 1.82) is 0 Å². The highest BCUT2D eigenvalue weighted by Crippen LogP contribution is 2.43. The summed E-state index contributed by atoms with van der Waals surface area (Å²) >= 11 is 3.20. The number of nitrogens with zero attached hydrogens (tertiary/aromatic N) is 2. The zero-order valence-electron chi connectivity index (χ0n) is 21.5. The highest BCUT2D eigenvalue weighted by atomic mass is 32.2. The van der Waals surface area contributed by atoms with E-state index in [9.17, 15) is 23.4 Å². The molecule has 2 atom stereocenters. The monoisotopic (exact) mass is 552 g/mol. The number of thioether (sulfide) groups is 2. The molecule has 2 saturated heterocycles. The fraction of sp³-hybridized carbons (Fsp3) is 0.692. The van der Waals surface area contributed by atoms with E-state index in [-0.39, 0.29) is 35.5 Å². The topological polar surface area (TPSA) is 91.8 Å². The zero-order chi connectivity index (χ0) is 26.3. The number of hydrogen-bond acceptors (Lipinski definition) is 7. The molecule has 0 aromatic rings. The van der Waals surface area contributed by atoms with Gasteiger partial charge in [0, 0.05) is 55.3 Å². The third-order valence-corrected chi connectivity index (χ3v) is 11.4. The molecule has 7 nitrogen and oxygen atoms in total. The van der Waals surface area contributed by atoms with Crippen molar-refractivity contribution in [3.63, 3.8) is 0 Å². The second-order valence-electron chi connectivity index (χ2n) is 11.2. The number of fused-ring (bicyclic) bond motifs is 2. The molecular weight excluding hydrogens is 516 g/mol. The van der Waals surface area contributed by atoms with Crippen molar-refractivity contribution in [1.82, 2.24) is 9.80 Å². The van der Waals surface area contributed by atoms with Gasteiger partial charge in [-0.15, -0.1) is 23.5 Å². The Morgan fingerprint density at radius 1 is 0.778 bits per heavy atom. The van der Waals surface area contributed by atoms with Crippen LogP contribution in [0.4, 0.5) is 0 Å². The van der Waals surface area contributed by atoms with E-state index in [0.29, 0.717) is 37.2 Å². The summed E-state index contributed by atoms with van der Waals surface area (Å²) in [5.41, 5.74) is -1.26. The first-order valence-electron chi connectivity index (χ1n) is 12.7. The molecule has 4 rings (SSSR count). The van der Waals surface area contributed by atoms with Crippen LogP contribution in [0.3, 0.4) is 0 Å². The fourth-order valence-electron chi connectivity index (χ4n) is 5.60. The van der Waals surface area contributed by atoms with Gasteiger partial charge in [-0.1, -0.05) is 0 Å². The Morgan fingerprint density at radius 3 is 1.56 bits per heavy atom. The minimum Gasteiger partial charge on any atom is -0.274 e. The van der Waals surface area contributed by atoms with E-state index in [2.05, 4.69) is 0 Å². The van der Waals surface area contributed by atoms with E-state index in [1.54, 1.807) is 35.7 Å². The van der Waals surface area contributed by atoms with Crippen molar-refractivity contribution in [3.8, 4) is 0 Å². The van der Waals surface area contributed by atoms with Crippen LogP contribution in [0.25, 0.3) is 0 Å². The molecule has 10 heteroatoms. The SMILES string of the molecule is CC(C)(CCCS(=O)CCCC(C)(C)N1C(=O)C=C2SCCC2C1=O)N1C(=O)C=C2SCCC2C1=O. The molecule has 0 spiro atoms. The zero-order valence-corrected chi connectivity index (χ0v) is 24.0. The number of rotatable bonds is 10. The van der Waals surface area contributed by atoms with E-state index in [1.807, 2.05) is 27.7 Å². The quantitative estimate of drug-likeness (QED) is 0.380. The lowest BCUT2D eigenvalue weighted by atomic mass is 9.91. The summed E-state index contributed by atoms with van der Waals surface area (Å²) in [6, 6.07) is 0. The summed E-state index contributed by atoms with van der Waals surface area (Å²) < 4.78 is 12.7. The van der Waals surface area contributed by atoms with Gasteiger partial charge in [-0.3, -0.25) is 33.2 Å². The van der Waals surface area contributed by atoms with Crippen LogP contribution in [-0.4, -0.2) is 71.7 Å². The Morgan fingerprint density at radius 2 is 1.17 bits per heavy atom. The third kappa shape index (κ3) is 5.55. The molecule has 0 aromatic heterocycles. The summed E-state index contributed by atoms with van der Waals surface area (Å²) in [4.78, 5) is 55.9. The van der Waals surface area contributed by atoms with Crippen LogP contribution in [-0.2, 0) is 30.0 Å². The lowest BCUT2D eigenvalue weighted by Crippen LogP contribution is -2.54. The Kier molecular flexibility index (Phi) is 8.27. The normalized spacial score (nSPS) is 25.7. The molecule has 2 fully saturated rings. The molecule has 0 radical (unpaired) electrons. The van der Waals surface area contributed by atoms with Crippen LogP contribution in [0.5, 0.6) is 0 Å². The van der Waals surface area contributed by atoms with Gasteiger partial charge in [0.2, 0.25) is 11.8 Å². The van der Waals surface area contributed by atoms with Crippen molar-refractivity contribution in [2.45, 2.75) is 77.3 Å². The summed E-state index contributed by atoms with van der Waals surface area (Å²) in [5.74, 6) is 1.68. The number of hydrogen-bond donors (Lipinski definition) is 0. The number of carbonyl (C=O) groups excluding carboxylic acids is 4. The van der Waals surface area contributed by atoms with Crippen LogP contribution >= 0.6 is 23.5 Å². The smallest absolute Gasteiger partial charge is 0.254 e. The van der Waals surface area contributed by atoms with Gasteiger partial charge in [0.15, 0.2) is 0 Å². The Labute approximate surface area is 224 Å². The highest BCUT2D eigenvalue weighted by molar-refractivity contribution is 8.03. The molecular formula is C26H36N2O5S3. The van der Waals surface area contributed by atoms with Gasteiger partial charge in [0.05, 0.1) is 11.8 Å². The molecule has 4 heterocycles. The Bertz CT molecular complexity index is 968. The standard InChI is InChI=1S/C26H36N2O5S3/c1-25(2,27-21(29)15-19-17(23(27)31)7-11-34-19)9-5-13-36(33)14-6-10-26(3,4)28-22(30)16-20-18(24(28)32)8-12-35-20/h15-18H,5-14H2,1-4H3. The van der Waals surface area contributed by atoms with Crippen LogP contribution in [0.1, 0.15) is 66.2 Å². The molecule has 198 valence electrons.